The highest BCUT2D eigenvalue weighted by molar-refractivity contribution is 5.92. The number of hydrogen-bond donors (Lipinski definition) is 1. The van der Waals surface area contributed by atoms with Gasteiger partial charge in [-0.3, -0.25) is 9.59 Å². The summed E-state index contributed by atoms with van der Waals surface area (Å²) in [5.41, 5.74) is -0.00544. The molecule has 0 aromatic carbocycles. The normalized spacial score (nSPS) is 14.7. The molecule has 6 heteroatoms. The van der Waals surface area contributed by atoms with Gasteiger partial charge in [0.15, 0.2) is 0 Å². The third-order valence-corrected chi connectivity index (χ3v) is 2.77. The zero-order valence-electron chi connectivity index (χ0n) is 9.67. The minimum absolute atomic E-state index is 0.0615. The van der Waals surface area contributed by atoms with Crippen molar-refractivity contribution in [3.05, 3.63) is 28.2 Å². The van der Waals surface area contributed by atoms with Gasteiger partial charge >= 0.3 is 0 Å². The summed E-state index contributed by atoms with van der Waals surface area (Å²) in [7, 11) is 1.51. The minimum Gasteiger partial charge on any atom is -0.395 e. The highest BCUT2D eigenvalue weighted by Crippen LogP contribution is 2.27. The van der Waals surface area contributed by atoms with Gasteiger partial charge in [-0.1, -0.05) is 0 Å². The Balaban J connectivity index is 2.22. The molecule has 0 saturated heterocycles. The number of rotatable bonds is 4. The van der Waals surface area contributed by atoms with Gasteiger partial charge in [0.2, 0.25) is 0 Å². The zero-order valence-corrected chi connectivity index (χ0v) is 9.67. The third-order valence-electron chi connectivity index (χ3n) is 2.77. The van der Waals surface area contributed by atoms with Crippen molar-refractivity contribution in [2.24, 2.45) is 7.05 Å². The number of nitrogens with zero attached hydrogens (tertiary/aromatic N) is 3. The van der Waals surface area contributed by atoms with Crippen molar-refractivity contribution in [3.8, 4) is 0 Å². The predicted octanol–water partition coefficient (Wildman–Crippen LogP) is -0.623. The number of hydrogen-bond acceptors (Lipinski definition) is 4. The molecule has 17 heavy (non-hydrogen) atoms. The number of aromatic nitrogens is 2. The van der Waals surface area contributed by atoms with Crippen molar-refractivity contribution in [3.63, 3.8) is 0 Å². The van der Waals surface area contributed by atoms with Crippen LogP contribution in [0.3, 0.4) is 0 Å². The molecule has 6 nitrogen and oxygen atoms in total. The first-order valence-electron chi connectivity index (χ1n) is 5.59. The van der Waals surface area contributed by atoms with Gasteiger partial charge in [-0.2, -0.15) is 5.10 Å². The van der Waals surface area contributed by atoms with E-state index in [-0.39, 0.29) is 29.8 Å². The van der Waals surface area contributed by atoms with E-state index in [9.17, 15) is 9.59 Å². The molecule has 0 spiro atoms. The van der Waals surface area contributed by atoms with Crippen LogP contribution in [-0.4, -0.2) is 44.9 Å². The topological polar surface area (TPSA) is 75.4 Å². The van der Waals surface area contributed by atoms with Crippen LogP contribution in [0.5, 0.6) is 0 Å². The number of carbonyl (C=O) groups is 1. The molecule has 1 fully saturated rings. The maximum atomic E-state index is 12.1. The average Bonchev–Trinajstić information content (AvgIpc) is 3.13. The lowest BCUT2D eigenvalue weighted by Crippen LogP contribution is -2.37. The lowest BCUT2D eigenvalue weighted by molar-refractivity contribution is 0.0699. The molecule has 1 amide bonds. The lowest BCUT2D eigenvalue weighted by atomic mass is 10.3. The molecule has 0 aliphatic heterocycles. The molecule has 1 aliphatic carbocycles. The second-order valence-electron chi connectivity index (χ2n) is 4.13. The quantitative estimate of drug-likeness (QED) is 0.757. The van der Waals surface area contributed by atoms with E-state index in [2.05, 4.69) is 5.10 Å². The number of aliphatic hydroxyl groups excluding tert-OH is 1. The van der Waals surface area contributed by atoms with Crippen molar-refractivity contribution in [1.29, 1.82) is 0 Å². The molecule has 0 bridgehead atoms. The summed E-state index contributed by atoms with van der Waals surface area (Å²) < 4.78 is 1.14. The van der Waals surface area contributed by atoms with E-state index >= 15 is 0 Å². The fraction of sp³-hybridized carbons (Fsp3) is 0.545. The molecule has 2 rings (SSSR count). The summed E-state index contributed by atoms with van der Waals surface area (Å²) in [5, 5.41) is 12.9. The Morgan fingerprint density at radius 3 is 2.82 bits per heavy atom. The smallest absolute Gasteiger partial charge is 0.274 e. The molecule has 1 saturated carbocycles. The van der Waals surface area contributed by atoms with Crippen LogP contribution in [0.15, 0.2) is 16.9 Å². The fourth-order valence-corrected chi connectivity index (χ4v) is 1.71. The zero-order chi connectivity index (χ0) is 12.4. The van der Waals surface area contributed by atoms with Crippen LogP contribution in [0.1, 0.15) is 23.3 Å². The number of aryl methyl sites for hydroxylation is 1. The molecule has 1 heterocycles. The van der Waals surface area contributed by atoms with Gasteiger partial charge in [0, 0.05) is 25.7 Å². The second kappa shape index (κ2) is 4.67. The first-order chi connectivity index (χ1) is 8.13. The monoisotopic (exact) mass is 237 g/mol. The minimum atomic E-state index is -0.248. The van der Waals surface area contributed by atoms with E-state index in [1.807, 2.05) is 0 Å². The second-order valence-corrected chi connectivity index (χ2v) is 4.13. The molecule has 0 radical (unpaired) electrons. The van der Waals surface area contributed by atoms with Crippen molar-refractivity contribution >= 4 is 5.91 Å². The Labute approximate surface area is 98.5 Å². The Morgan fingerprint density at radius 2 is 2.29 bits per heavy atom. The highest BCUT2D eigenvalue weighted by Gasteiger charge is 2.33. The van der Waals surface area contributed by atoms with Crippen LogP contribution in [0.25, 0.3) is 0 Å². The van der Waals surface area contributed by atoms with Crippen LogP contribution in [0.4, 0.5) is 0 Å². The SMILES string of the molecule is Cn1nc(C(=O)N(CCO)C2CC2)ccc1=O. The van der Waals surface area contributed by atoms with Crippen LogP contribution in [-0.2, 0) is 7.05 Å². The van der Waals surface area contributed by atoms with E-state index in [0.717, 1.165) is 17.5 Å². The maximum absolute atomic E-state index is 12.1. The van der Waals surface area contributed by atoms with Crippen LogP contribution < -0.4 is 5.56 Å². The Morgan fingerprint density at radius 1 is 1.59 bits per heavy atom. The summed E-state index contributed by atoms with van der Waals surface area (Å²) in [6.07, 6.45) is 1.94. The van der Waals surface area contributed by atoms with Crippen molar-refractivity contribution < 1.29 is 9.90 Å². The van der Waals surface area contributed by atoms with Gasteiger partial charge in [0.05, 0.1) is 6.61 Å². The molecular formula is C11H15N3O3. The number of amides is 1. The molecule has 1 aromatic rings. The summed E-state index contributed by atoms with van der Waals surface area (Å²) in [6.45, 7) is 0.252. The van der Waals surface area contributed by atoms with Gasteiger partial charge in [0.1, 0.15) is 5.69 Å². The van der Waals surface area contributed by atoms with Gasteiger partial charge in [-0.05, 0) is 18.9 Å². The third kappa shape index (κ3) is 2.52. The van der Waals surface area contributed by atoms with Gasteiger partial charge in [0.25, 0.3) is 11.5 Å². The van der Waals surface area contributed by atoms with Crippen LogP contribution in [0.2, 0.25) is 0 Å². The van der Waals surface area contributed by atoms with Crippen LogP contribution >= 0.6 is 0 Å². The molecular weight excluding hydrogens is 222 g/mol. The first-order valence-corrected chi connectivity index (χ1v) is 5.59. The summed E-state index contributed by atoms with van der Waals surface area (Å²) in [5.74, 6) is -0.225. The van der Waals surface area contributed by atoms with E-state index in [1.54, 1.807) is 4.90 Å². The van der Waals surface area contributed by atoms with Crippen LogP contribution in [0, 0.1) is 0 Å². The van der Waals surface area contributed by atoms with Gasteiger partial charge < -0.3 is 10.0 Å². The summed E-state index contributed by atoms with van der Waals surface area (Å²) >= 11 is 0. The fourth-order valence-electron chi connectivity index (χ4n) is 1.71. The highest BCUT2D eigenvalue weighted by atomic mass is 16.3. The van der Waals surface area contributed by atoms with E-state index in [1.165, 1.54) is 19.2 Å². The molecule has 1 aromatic heterocycles. The Hall–Kier alpha value is -1.69. The van der Waals surface area contributed by atoms with E-state index < -0.39 is 0 Å². The van der Waals surface area contributed by atoms with Crippen molar-refractivity contribution in [2.75, 3.05) is 13.2 Å². The average molecular weight is 237 g/mol. The Bertz CT molecular complexity index is 479. The summed E-state index contributed by atoms with van der Waals surface area (Å²) in [4.78, 5) is 24.9. The number of aliphatic hydroxyl groups is 1. The molecule has 1 aliphatic rings. The van der Waals surface area contributed by atoms with E-state index in [4.69, 9.17) is 5.11 Å². The standard InChI is InChI=1S/C11H15N3O3/c1-13-10(16)5-4-9(12-13)11(17)14(6-7-15)8-2-3-8/h4-5,8,15H,2-3,6-7H2,1H3. The van der Waals surface area contributed by atoms with E-state index in [0.29, 0.717) is 6.54 Å². The van der Waals surface area contributed by atoms with Gasteiger partial charge in [-0.15, -0.1) is 0 Å². The molecule has 92 valence electrons. The summed E-state index contributed by atoms with van der Waals surface area (Å²) in [6, 6.07) is 2.97. The maximum Gasteiger partial charge on any atom is 0.274 e. The lowest BCUT2D eigenvalue weighted by Gasteiger charge is -2.20. The van der Waals surface area contributed by atoms with Gasteiger partial charge in [-0.25, -0.2) is 4.68 Å². The molecule has 0 atom stereocenters. The molecule has 0 unspecified atom stereocenters. The number of carbonyl (C=O) groups excluding carboxylic acids is 1. The van der Waals surface area contributed by atoms with Crippen molar-refractivity contribution in [1.82, 2.24) is 14.7 Å². The first kappa shape index (κ1) is 11.8. The predicted molar refractivity (Wildman–Crippen MR) is 60.6 cm³/mol. The molecule has 1 N–H and O–H groups in total. The largest absolute Gasteiger partial charge is 0.395 e. The van der Waals surface area contributed by atoms with Crippen molar-refractivity contribution in [2.45, 2.75) is 18.9 Å². The Kier molecular flexibility index (Phi) is 3.23.